The molecule has 9 heteroatoms. The average Bonchev–Trinajstić information content (AvgIpc) is 3.72. The molecule has 1 unspecified atom stereocenters. The Labute approximate surface area is 271 Å². The van der Waals surface area contributed by atoms with Gasteiger partial charge in [0, 0.05) is 35.2 Å². The lowest BCUT2D eigenvalue weighted by Gasteiger charge is -2.20. The fourth-order valence-electron chi connectivity index (χ4n) is 6.37. The van der Waals surface area contributed by atoms with Crippen LogP contribution in [0.2, 0.25) is 0 Å². The van der Waals surface area contributed by atoms with Crippen molar-refractivity contribution in [2.45, 2.75) is 142 Å². The van der Waals surface area contributed by atoms with E-state index in [0.29, 0.717) is 25.2 Å². The topological polar surface area (TPSA) is 118 Å². The van der Waals surface area contributed by atoms with E-state index in [1.165, 1.54) is 64.2 Å². The second-order valence-electron chi connectivity index (χ2n) is 13.0. The second-order valence-corrected chi connectivity index (χ2v) is 14.8. The zero-order valence-electron chi connectivity index (χ0n) is 28.1. The van der Waals surface area contributed by atoms with Crippen molar-refractivity contribution in [2.24, 2.45) is 0 Å². The molecule has 0 bridgehead atoms. The number of nitrogens with zero attached hydrogens (tertiary/aromatic N) is 1. The summed E-state index contributed by atoms with van der Waals surface area (Å²) in [6.45, 7) is 6.50. The summed E-state index contributed by atoms with van der Waals surface area (Å²) < 4.78 is 23.2. The molecule has 45 heavy (non-hydrogen) atoms. The van der Waals surface area contributed by atoms with Crippen molar-refractivity contribution < 1.29 is 28.6 Å². The summed E-state index contributed by atoms with van der Waals surface area (Å²) in [5.41, 5.74) is 3.16. The molecular weight excluding hydrogens is 587 g/mol. The van der Waals surface area contributed by atoms with Crippen LogP contribution in [0.15, 0.2) is 30.5 Å². The van der Waals surface area contributed by atoms with Gasteiger partial charge < -0.3 is 24.6 Å². The van der Waals surface area contributed by atoms with Gasteiger partial charge in [-0.15, -0.1) is 0 Å². The third-order valence-electron chi connectivity index (χ3n) is 9.23. The molecule has 8 nitrogen and oxygen atoms in total. The molecule has 0 aliphatic heterocycles. The van der Waals surface area contributed by atoms with Crippen LogP contribution in [0.5, 0.6) is 11.5 Å². The molecular formula is C36H57N2O6P. The molecule has 1 fully saturated rings. The molecule has 0 radical (unpaired) electrons. The maximum atomic E-state index is 12.9. The van der Waals surface area contributed by atoms with Crippen LogP contribution in [0.4, 0.5) is 0 Å². The van der Waals surface area contributed by atoms with Crippen molar-refractivity contribution in [1.29, 1.82) is 0 Å². The number of unbranched alkanes of at least 4 members (excludes halogenated alkanes) is 12. The number of rotatable bonds is 23. The molecule has 252 valence electrons. The molecule has 1 aromatic carbocycles. The van der Waals surface area contributed by atoms with Gasteiger partial charge in [-0.2, -0.15) is 0 Å². The lowest BCUT2D eigenvalue weighted by molar-refractivity contribution is -0.122. The van der Waals surface area contributed by atoms with Gasteiger partial charge in [0.25, 0.3) is 0 Å². The molecule has 1 aliphatic carbocycles. The van der Waals surface area contributed by atoms with Crippen LogP contribution in [-0.2, 0) is 16.0 Å². The summed E-state index contributed by atoms with van der Waals surface area (Å²) in [7, 11) is -2.53. The van der Waals surface area contributed by atoms with E-state index >= 15 is 0 Å². The molecule has 3 rings (SSSR count). The quantitative estimate of drug-likeness (QED) is 0.0818. The molecule has 0 spiro atoms. The third-order valence-corrected chi connectivity index (χ3v) is 10.0. The van der Waals surface area contributed by atoms with E-state index in [9.17, 15) is 19.1 Å². The number of benzene rings is 1. The predicted molar refractivity (Wildman–Crippen MR) is 181 cm³/mol. The minimum Gasteiger partial charge on any atom is -0.496 e. The Morgan fingerprint density at radius 2 is 1.53 bits per heavy atom. The number of pyridine rings is 1. The number of hydrogen-bond acceptors (Lipinski definition) is 5. The van der Waals surface area contributed by atoms with Crippen molar-refractivity contribution in [3.8, 4) is 11.5 Å². The highest BCUT2D eigenvalue weighted by Gasteiger charge is 2.55. The van der Waals surface area contributed by atoms with E-state index in [1.54, 1.807) is 13.3 Å². The number of aromatic nitrogens is 1. The summed E-state index contributed by atoms with van der Waals surface area (Å²) in [6.07, 6.45) is 19.2. The van der Waals surface area contributed by atoms with Gasteiger partial charge in [0.2, 0.25) is 5.91 Å². The molecule has 1 amide bonds. The second kappa shape index (κ2) is 18.7. The van der Waals surface area contributed by atoms with Gasteiger partial charge in [-0.3, -0.25) is 14.3 Å². The first-order valence-electron chi connectivity index (χ1n) is 17.2. The third kappa shape index (κ3) is 12.7. The van der Waals surface area contributed by atoms with E-state index in [2.05, 4.69) is 17.2 Å². The van der Waals surface area contributed by atoms with Crippen LogP contribution in [0.25, 0.3) is 0 Å². The number of aryl methyl sites for hydroxylation is 1. The maximum Gasteiger partial charge on any atom is 0.325 e. The van der Waals surface area contributed by atoms with Crippen LogP contribution in [0.3, 0.4) is 0 Å². The Morgan fingerprint density at radius 1 is 0.956 bits per heavy atom. The number of nitrogens with one attached hydrogen (secondary N) is 1. The maximum absolute atomic E-state index is 12.9. The average molecular weight is 645 g/mol. The summed E-state index contributed by atoms with van der Waals surface area (Å²) in [5, 5.41) is 3.18. The van der Waals surface area contributed by atoms with E-state index in [4.69, 9.17) is 9.47 Å². The minimum absolute atomic E-state index is 0.0129. The number of hydrogen-bond donors (Lipinski definition) is 3. The van der Waals surface area contributed by atoms with Crippen LogP contribution in [0.1, 0.15) is 138 Å². The minimum atomic E-state index is -4.18. The molecule has 3 N–H and O–H groups in total. The summed E-state index contributed by atoms with van der Waals surface area (Å²) >= 11 is 0. The number of carbonyl (C=O) groups is 1. The first-order chi connectivity index (χ1) is 21.6. The van der Waals surface area contributed by atoms with Gasteiger partial charge >= 0.3 is 7.60 Å². The summed E-state index contributed by atoms with van der Waals surface area (Å²) in [4.78, 5) is 36.5. The zero-order valence-corrected chi connectivity index (χ0v) is 29.0. The van der Waals surface area contributed by atoms with Gasteiger partial charge in [0.05, 0.1) is 19.0 Å². The van der Waals surface area contributed by atoms with Crippen LogP contribution in [-0.4, -0.2) is 39.5 Å². The van der Waals surface area contributed by atoms with Gasteiger partial charge in [-0.25, -0.2) is 0 Å². The number of ether oxygens (including phenoxy) is 2. The van der Waals surface area contributed by atoms with E-state index in [-0.39, 0.29) is 24.4 Å². The highest BCUT2D eigenvalue weighted by molar-refractivity contribution is 7.51. The van der Waals surface area contributed by atoms with Gasteiger partial charge in [0.15, 0.2) is 0 Å². The first kappa shape index (κ1) is 37.1. The monoisotopic (exact) mass is 644 g/mol. The summed E-state index contributed by atoms with van der Waals surface area (Å²) in [6, 6.07) is 7.76. The van der Waals surface area contributed by atoms with E-state index in [1.807, 2.05) is 38.1 Å². The fourth-order valence-corrected chi connectivity index (χ4v) is 7.06. The number of methoxy groups -OCH3 is 1. The van der Waals surface area contributed by atoms with Crippen molar-refractivity contribution in [1.82, 2.24) is 10.3 Å². The van der Waals surface area contributed by atoms with Crippen molar-refractivity contribution in [2.75, 3.05) is 13.3 Å². The normalized spacial score (nSPS) is 17.7. The lowest BCUT2D eigenvalue weighted by Crippen LogP contribution is -2.39. The Hall–Kier alpha value is -2.41. The van der Waals surface area contributed by atoms with Gasteiger partial charge in [-0.1, -0.05) is 96.1 Å². The Balaban J connectivity index is 1.42. The highest BCUT2D eigenvalue weighted by Crippen LogP contribution is 2.56. The molecule has 1 aliphatic rings. The van der Waals surface area contributed by atoms with Crippen molar-refractivity contribution in [3.63, 3.8) is 0 Å². The molecule has 2 aromatic rings. The van der Waals surface area contributed by atoms with Crippen molar-refractivity contribution >= 4 is 13.5 Å². The standard InChI is InChI=1S/C36H57N2O6P/c1-5-6-7-8-9-10-11-12-13-14-15-16-17-18-34(39)38-36(23-24-45(40,41)42)25-32(36)30-19-21-31(22-20-30)44-27-33-29(3)35(43-4)28(2)26-37-33/h19-22,26,32H,5-18,23-25,27H2,1-4H3,(H,38,39)(H2,40,41,42)/t32-,36?/m1/s1. The molecule has 0 saturated heterocycles. The molecule has 1 saturated carbocycles. The fraction of sp³-hybridized carbons (Fsp3) is 0.667. The van der Waals surface area contributed by atoms with Gasteiger partial charge in [0.1, 0.15) is 18.1 Å². The lowest BCUT2D eigenvalue weighted by atomic mass is 10.0. The molecule has 1 aromatic heterocycles. The smallest absolute Gasteiger partial charge is 0.325 e. The van der Waals surface area contributed by atoms with Crippen LogP contribution >= 0.6 is 7.60 Å². The zero-order chi connectivity index (χ0) is 32.7. The number of carbonyl (C=O) groups excluding carboxylic acids is 1. The van der Waals surface area contributed by atoms with E-state index < -0.39 is 13.1 Å². The SMILES string of the molecule is CCCCCCCCCCCCCCCC(=O)NC1(CCP(=O)(O)O)C[C@@H]1c1ccc(OCc2ncc(C)c(OC)c2C)cc1. The first-order valence-corrected chi connectivity index (χ1v) is 19.0. The summed E-state index contributed by atoms with van der Waals surface area (Å²) in [5.74, 6) is 1.50. The highest BCUT2D eigenvalue weighted by atomic mass is 31.2. The number of amides is 1. The van der Waals surface area contributed by atoms with Crippen LogP contribution < -0.4 is 14.8 Å². The molecule has 1 heterocycles. The largest absolute Gasteiger partial charge is 0.496 e. The Kier molecular flexibility index (Phi) is 15.4. The molecule has 2 atom stereocenters. The Bertz CT molecular complexity index is 1230. The van der Waals surface area contributed by atoms with E-state index in [0.717, 1.165) is 47.4 Å². The Morgan fingerprint density at radius 3 is 2.09 bits per heavy atom. The van der Waals surface area contributed by atoms with Gasteiger partial charge in [-0.05, 0) is 50.8 Å². The predicted octanol–water partition coefficient (Wildman–Crippen LogP) is 8.68. The van der Waals surface area contributed by atoms with Crippen LogP contribution in [0, 0.1) is 13.8 Å². The van der Waals surface area contributed by atoms with Crippen molar-refractivity contribution in [3.05, 3.63) is 52.8 Å².